The minimum absolute atomic E-state index is 0.114. The van der Waals surface area contributed by atoms with E-state index in [2.05, 4.69) is 21.3 Å². The molecule has 0 spiro atoms. The van der Waals surface area contributed by atoms with Crippen molar-refractivity contribution in [1.82, 2.24) is 21.3 Å². The van der Waals surface area contributed by atoms with Crippen molar-refractivity contribution in [3.8, 4) is 0 Å². The average Bonchev–Trinajstić information content (AvgIpc) is 2.43. The smallest absolute Gasteiger partial charge is 0.243 e. The number of carbonyl (C=O) groups is 4. The molecule has 8 heteroatoms. The fraction of sp³-hybridized carbons (Fsp3) is 0.714. The first-order chi connectivity index (χ1) is 10.4. The molecule has 1 heterocycles. The molecule has 4 N–H and O–H groups in total. The molecule has 2 unspecified atom stereocenters. The number of nitrogens with one attached hydrogen (secondary N) is 4. The lowest BCUT2D eigenvalue weighted by atomic mass is 10.0. The molecule has 1 aliphatic rings. The van der Waals surface area contributed by atoms with E-state index in [1.807, 2.05) is 0 Å². The predicted octanol–water partition coefficient (Wildman–Crippen LogP) is -1.20. The van der Waals surface area contributed by atoms with Gasteiger partial charge in [0.05, 0.1) is 0 Å². The van der Waals surface area contributed by atoms with Crippen molar-refractivity contribution in [3.05, 3.63) is 0 Å². The Kier molecular flexibility index (Phi) is 7.34. The van der Waals surface area contributed by atoms with E-state index in [1.54, 1.807) is 0 Å². The van der Waals surface area contributed by atoms with Crippen LogP contribution in [0.3, 0.4) is 0 Å². The Hall–Kier alpha value is -2.12. The Morgan fingerprint density at radius 2 is 1.23 bits per heavy atom. The molecule has 0 radical (unpaired) electrons. The average molecular weight is 312 g/mol. The number of piperazine rings is 1. The maximum absolute atomic E-state index is 11.9. The zero-order valence-corrected chi connectivity index (χ0v) is 13.0. The minimum atomic E-state index is -0.548. The summed E-state index contributed by atoms with van der Waals surface area (Å²) in [6, 6.07) is -1.10. The van der Waals surface area contributed by atoms with Gasteiger partial charge in [0.25, 0.3) is 0 Å². The highest BCUT2D eigenvalue weighted by Gasteiger charge is 2.32. The lowest BCUT2D eigenvalue weighted by Crippen LogP contribution is -2.61. The summed E-state index contributed by atoms with van der Waals surface area (Å²) in [6.45, 7) is 3.82. The molecule has 0 aromatic heterocycles. The summed E-state index contributed by atoms with van der Waals surface area (Å²) in [6.07, 6.45) is 2.20. The second-order valence-electron chi connectivity index (χ2n) is 5.37. The van der Waals surface area contributed by atoms with Crippen molar-refractivity contribution in [2.75, 3.05) is 13.1 Å². The normalized spacial score (nSPS) is 20.8. The van der Waals surface area contributed by atoms with Gasteiger partial charge in [0.2, 0.25) is 23.6 Å². The van der Waals surface area contributed by atoms with Crippen LogP contribution >= 0.6 is 0 Å². The van der Waals surface area contributed by atoms with Gasteiger partial charge >= 0.3 is 0 Å². The lowest BCUT2D eigenvalue weighted by molar-refractivity contribution is -0.137. The van der Waals surface area contributed by atoms with E-state index < -0.39 is 12.1 Å². The monoisotopic (exact) mass is 312 g/mol. The van der Waals surface area contributed by atoms with Crippen LogP contribution in [0, 0.1) is 0 Å². The van der Waals surface area contributed by atoms with Crippen molar-refractivity contribution < 1.29 is 19.2 Å². The summed E-state index contributed by atoms with van der Waals surface area (Å²) in [7, 11) is 0. The molecule has 0 aliphatic carbocycles. The van der Waals surface area contributed by atoms with E-state index in [0.29, 0.717) is 38.8 Å². The quantitative estimate of drug-likeness (QED) is 0.421. The van der Waals surface area contributed by atoms with Gasteiger partial charge in [-0.15, -0.1) is 0 Å². The lowest BCUT2D eigenvalue weighted by Gasteiger charge is -2.29. The highest BCUT2D eigenvalue weighted by Crippen LogP contribution is 2.07. The summed E-state index contributed by atoms with van der Waals surface area (Å²) in [5.41, 5.74) is 0. The Morgan fingerprint density at radius 3 is 1.55 bits per heavy atom. The van der Waals surface area contributed by atoms with E-state index in [9.17, 15) is 19.2 Å². The highest BCUT2D eigenvalue weighted by molar-refractivity contribution is 5.96. The molecule has 0 aromatic carbocycles. The third kappa shape index (κ3) is 6.55. The molecule has 0 bridgehead atoms. The van der Waals surface area contributed by atoms with Crippen LogP contribution in [0.1, 0.15) is 39.5 Å². The van der Waals surface area contributed by atoms with Gasteiger partial charge in [0.1, 0.15) is 12.1 Å². The number of amides is 4. The Labute approximate surface area is 129 Å². The van der Waals surface area contributed by atoms with Crippen LogP contribution in [-0.2, 0) is 19.2 Å². The van der Waals surface area contributed by atoms with Gasteiger partial charge in [-0.05, 0) is 25.7 Å². The van der Waals surface area contributed by atoms with E-state index in [1.165, 1.54) is 13.8 Å². The van der Waals surface area contributed by atoms with Gasteiger partial charge in [-0.1, -0.05) is 0 Å². The number of carbonyl (C=O) groups excluding carboxylic acids is 4. The molecule has 1 fully saturated rings. The van der Waals surface area contributed by atoms with E-state index in [-0.39, 0.29) is 23.6 Å². The van der Waals surface area contributed by atoms with E-state index in [0.717, 1.165) is 0 Å². The summed E-state index contributed by atoms with van der Waals surface area (Å²) in [4.78, 5) is 45.3. The Balaban J connectivity index is 2.28. The van der Waals surface area contributed by atoms with Gasteiger partial charge in [0, 0.05) is 26.9 Å². The molecule has 4 amide bonds. The molecule has 1 rings (SSSR count). The van der Waals surface area contributed by atoms with Crippen LogP contribution in [-0.4, -0.2) is 48.8 Å². The molecule has 124 valence electrons. The zero-order chi connectivity index (χ0) is 16.5. The van der Waals surface area contributed by atoms with Crippen LogP contribution in [0.25, 0.3) is 0 Å². The summed E-state index contributed by atoms with van der Waals surface area (Å²) in [5, 5.41) is 10.7. The second kappa shape index (κ2) is 9.01. The van der Waals surface area contributed by atoms with Crippen LogP contribution in [0.2, 0.25) is 0 Å². The number of hydrogen-bond acceptors (Lipinski definition) is 4. The Bertz CT molecular complexity index is 399. The maximum Gasteiger partial charge on any atom is 0.243 e. The number of hydrogen-bond donors (Lipinski definition) is 4. The van der Waals surface area contributed by atoms with Gasteiger partial charge in [-0.2, -0.15) is 0 Å². The molecule has 1 aliphatic heterocycles. The molecule has 1 saturated heterocycles. The molecule has 2 atom stereocenters. The van der Waals surface area contributed by atoms with Gasteiger partial charge in [-0.25, -0.2) is 0 Å². The van der Waals surface area contributed by atoms with Crippen molar-refractivity contribution in [1.29, 1.82) is 0 Å². The highest BCUT2D eigenvalue weighted by atomic mass is 16.2. The van der Waals surface area contributed by atoms with Crippen LogP contribution < -0.4 is 21.3 Å². The Morgan fingerprint density at radius 1 is 0.864 bits per heavy atom. The van der Waals surface area contributed by atoms with Gasteiger partial charge in [0.15, 0.2) is 0 Å². The zero-order valence-electron chi connectivity index (χ0n) is 13.0. The van der Waals surface area contributed by atoms with Crippen molar-refractivity contribution in [2.24, 2.45) is 0 Å². The minimum Gasteiger partial charge on any atom is -0.356 e. The third-order valence-electron chi connectivity index (χ3n) is 3.35. The number of rotatable bonds is 8. The molecular formula is C14H24N4O4. The van der Waals surface area contributed by atoms with Gasteiger partial charge < -0.3 is 21.3 Å². The summed E-state index contributed by atoms with van der Waals surface area (Å²) in [5.74, 6) is -0.633. The first-order valence-corrected chi connectivity index (χ1v) is 7.49. The topological polar surface area (TPSA) is 116 Å². The standard InChI is InChI=1S/C14H24N4O4/c1-9(19)15-7-3-5-11-13(21)18-12(14(22)17-11)6-4-8-16-10(2)20/h11-12H,3-8H2,1-2H3,(H,15,19)(H,16,20)(H,17,22)(H,18,21). The maximum atomic E-state index is 11.9. The second-order valence-corrected chi connectivity index (χ2v) is 5.37. The first kappa shape index (κ1) is 17.9. The van der Waals surface area contributed by atoms with Crippen molar-refractivity contribution in [2.45, 2.75) is 51.6 Å². The predicted molar refractivity (Wildman–Crippen MR) is 79.7 cm³/mol. The van der Waals surface area contributed by atoms with E-state index >= 15 is 0 Å². The SMILES string of the molecule is CC(=O)NCCCC1NC(=O)C(CCCNC(C)=O)NC1=O. The fourth-order valence-electron chi connectivity index (χ4n) is 2.22. The fourth-order valence-corrected chi connectivity index (χ4v) is 2.22. The molecule has 0 saturated carbocycles. The molecule has 0 aromatic rings. The van der Waals surface area contributed by atoms with Crippen molar-refractivity contribution in [3.63, 3.8) is 0 Å². The van der Waals surface area contributed by atoms with Crippen LogP contribution in [0.4, 0.5) is 0 Å². The summed E-state index contributed by atoms with van der Waals surface area (Å²) < 4.78 is 0. The van der Waals surface area contributed by atoms with E-state index in [4.69, 9.17) is 0 Å². The third-order valence-corrected chi connectivity index (χ3v) is 3.35. The van der Waals surface area contributed by atoms with Crippen molar-refractivity contribution >= 4 is 23.6 Å². The largest absolute Gasteiger partial charge is 0.356 e. The summed E-state index contributed by atoms with van der Waals surface area (Å²) >= 11 is 0. The van der Waals surface area contributed by atoms with Crippen LogP contribution in [0.5, 0.6) is 0 Å². The molecule has 8 nitrogen and oxygen atoms in total. The van der Waals surface area contributed by atoms with Gasteiger partial charge in [-0.3, -0.25) is 19.2 Å². The molecular weight excluding hydrogens is 288 g/mol. The molecule has 22 heavy (non-hydrogen) atoms. The first-order valence-electron chi connectivity index (χ1n) is 7.49. The van der Waals surface area contributed by atoms with Crippen LogP contribution in [0.15, 0.2) is 0 Å².